The van der Waals surface area contributed by atoms with Gasteiger partial charge in [0, 0.05) is 66.0 Å². The molecule has 0 bridgehead atoms. The first-order chi connectivity index (χ1) is 32.8. The summed E-state index contributed by atoms with van der Waals surface area (Å²) in [5.74, 6) is 1.58. The zero-order valence-corrected chi connectivity index (χ0v) is 36.1. The predicted octanol–water partition coefficient (Wildman–Crippen LogP) is 15.1. The molecule has 1 atom stereocenters. The summed E-state index contributed by atoms with van der Waals surface area (Å²) in [7, 11) is 0. The van der Waals surface area contributed by atoms with Crippen LogP contribution in [0.25, 0.3) is 66.4 Å². The van der Waals surface area contributed by atoms with E-state index in [0.717, 1.165) is 95.6 Å². The number of nitrogens with zero attached hydrogens (tertiary/aromatic N) is 5. The lowest BCUT2D eigenvalue weighted by molar-refractivity contribution is 0.436. The van der Waals surface area contributed by atoms with Crippen molar-refractivity contribution in [3.8, 4) is 34.3 Å². The molecule has 2 aliphatic heterocycles. The first-order valence-electron chi connectivity index (χ1n) is 22.3. The fourth-order valence-electron chi connectivity index (χ4n) is 11.5. The number of rotatable bonds is 3. The maximum atomic E-state index is 7.39. The van der Waals surface area contributed by atoms with E-state index in [1.165, 1.54) is 31.3 Å². The number of pyridine rings is 2. The SMILES string of the molecule is c1ccc2c(c1)Sc1ccccc1N2c1cccc2c1C1(c3ccc(-n4c5ccccc5c5ccccc54)cc3O2)c2cccnc2-c2ncc(-n3c4ccccc4c4ccccc43)cc21. The molecule has 1 aliphatic carbocycles. The molecule has 0 amide bonds. The Morgan fingerprint density at radius 3 is 1.59 bits per heavy atom. The predicted molar refractivity (Wildman–Crippen MR) is 267 cm³/mol. The first-order valence-corrected chi connectivity index (χ1v) is 23.1. The number of hydrogen-bond acceptors (Lipinski definition) is 5. The molecule has 66 heavy (non-hydrogen) atoms. The topological polar surface area (TPSA) is 48.1 Å². The van der Waals surface area contributed by atoms with Crippen LogP contribution in [-0.2, 0) is 5.41 Å². The van der Waals surface area contributed by atoms with Crippen molar-refractivity contribution >= 4 is 72.4 Å². The third-order valence-electron chi connectivity index (χ3n) is 14.0. The molecule has 0 N–H and O–H groups in total. The average Bonchev–Trinajstić information content (AvgIpc) is 4.00. The largest absolute Gasteiger partial charge is 0.457 e. The quantitative estimate of drug-likeness (QED) is 0.177. The molecule has 1 spiro atoms. The van der Waals surface area contributed by atoms with E-state index in [9.17, 15) is 0 Å². The van der Waals surface area contributed by atoms with Crippen LogP contribution in [0.5, 0.6) is 11.5 Å². The second-order valence-electron chi connectivity index (χ2n) is 17.3. The summed E-state index contributed by atoms with van der Waals surface area (Å²) in [4.78, 5) is 15.5. The van der Waals surface area contributed by atoms with Gasteiger partial charge in [0.1, 0.15) is 11.5 Å². The second-order valence-corrected chi connectivity index (χ2v) is 18.4. The van der Waals surface area contributed by atoms with Gasteiger partial charge in [0.2, 0.25) is 0 Å². The van der Waals surface area contributed by atoms with E-state index < -0.39 is 5.41 Å². The van der Waals surface area contributed by atoms with Gasteiger partial charge in [0.15, 0.2) is 0 Å². The Bertz CT molecular complexity index is 3900. The number of anilines is 3. The summed E-state index contributed by atoms with van der Waals surface area (Å²) >= 11 is 1.81. The van der Waals surface area contributed by atoms with Crippen LogP contribution in [0, 0.1) is 0 Å². The molecule has 0 radical (unpaired) electrons. The highest BCUT2D eigenvalue weighted by atomic mass is 32.2. The van der Waals surface area contributed by atoms with Gasteiger partial charge in [0.05, 0.1) is 67.8 Å². The first kappa shape index (κ1) is 36.0. The maximum Gasteiger partial charge on any atom is 0.134 e. The summed E-state index contributed by atoms with van der Waals surface area (Å²) < 4.78 is 12.1. The van der Waals surface area contributed by atoms with E-state index in [4.69, 9.17) is 14.7 Å². The molecule has 0 saturated carbocycles. The average molecular weight is 862 g/mol. The van der Waals surface area contributed by atoms with Crippen LogP contribution in [0.4, 0.5) is 17.1 Å². The molecule has 0 saturated heterocycles. The van der Waals surface area contributed by atoms with Crippen molar-refractivity contribution in [2.45, 2.75) is 15.2 Å². The Balaban J connectivity index is 1.07. The van der Waals surface area contributed by atoms with Gasteiger partial charge in [0.25, 0.3) is 0 Å². The minimum Gasteiger partial charge on any atom is -0.457 e. The van der Waals surface area contributed by atoms with Crippen molar-refractivity contribution in [3.05, 3.63) is 235 Å². The minimum absolute atomic E-state index is 0.789. The van der Waals surface area contributed by atoms with E-state index in [1.54, 1.807) is 0 Å². The third kappa shape index (κ3) is 4.66. The minimum atomic E-state index is -0.909. The van der Waals surface area contributed by atoms with Crippen LogP contribution in [0.15, 0.2) is 222 Å². The van der Waals surface area contributed by atoms with Gasteiger partial charge >= 0.3 is 0 Å². The van der Waals surface area contributed by atoms with Gasteiger partial charge < -0.3 is 18.8 Å². The Morgan fingerprint density at radius 1 is 0.409 bits per heavy atom. The molecule has 6 heterocycles. The molecular formula is C59H35N5OS. The van der Waals surface area contributed by atoms with Gasteiger partial charge in [-0.2, -0.15) is 0 Å². The van der Waals surface area contributed by atoms with Crippen molar-refractivity contribution < 1.29 is 4.74 Å². The molecule has 3 aliphatic rings. The van der Waals surface area contributed by atoms with Crippen molar-refractivity contribution in [1.29, 1.82) is 0 Å². The monoisotopic (exact) mass is 861 g/mol. The molecule has 15 rings (SSSR count). The Morgan fingerprint density at radius 2 is 0.955 bits per heavy atom. The lowest BCUT2D eigenvalue weighted by Gasteiger charge is -2.43. The van der Waals surface area contributed by atoms with Gasteiger partial charge in [-0.25, -0.2) is 0 Å². The molecule has 308 valence electrons. The van der Waals surface area contributed by atoms with Crippen molar-refractivity contribution in [3.63, 3.8) is 0 Å². The summed E-state index contributed by atoms with van der Waals surface area (Å²) in [5, 5.41) is 4.84. The van der Waals surface area contributed by atoms with E-state index in [2.05, 4.69) is 214 Å². The number of fused-ring (bicyclic) bond motifs is 17. The number of hydrogen-bond donors (Lipinski definition) is 0. The molecule has 8 aromatic carbocycles. The number of benzene rings is 8. The fourth-order valence-corrected chi connectivity index (χ4v) is 12.5. The molecule has 1 unspecified atom stereocenters. The molecule has 6 nitrogen and oxygen atoms in total. The lowest BCUT2D eigenvalue weighted by Crippen LogP contribution is -2.34. The van der Waals surface area contributed by atoms with E-state index in [1.807, 2.05) is 24.2 Å². The van der Waals surface area contributed by atoms with Gasteiger partial charge in [-0.15, -0.1) is 0 Å². The standard InChI is InChI=1S/C59H35N5OS/c1-5-20-45-38(15-1)39-16-2-6-21-46(39)62(45)36-30-31-42-53(34-36)65-52-27-13-26-51(64-49-24-9-11-28-54(49)66-55-29-12-10-25-50(55)64)56(52)59(42)43-19-14-32-60-57(43)58-44(59)33-37(35-61-58)63-47-22-7-3-17-40(47)41-18-4-8-23-48(41)63/h1-35H. The van der Waals surface area contributed by atoms with Gasteiger partial charge in [-0.1, -0.05) is 127 Å². The van der Waals surface area contributed by atoms with E-state index in [0.29, 0.717) is 0 Å². The molecule has 0 fully saturated rings. The second kappa shape index (κ2) is 13.3. The highest BCUT2D eigenvalue weighted by Gasteiger charge is 2.55. The summed E-state index contributed by atoms with van der Waals surface area (Å²) in [6, 6.07) is 72.2. The van der Waals surface area contributed by atoms with Crippen molar-refractivity contribution in [2.24, 2.45) is 0 Å². The van der Waals surface area contributed by atoms with Gasteiger partial charge in [-0.05, 0) is 84.4 Å². The third-order valence-corrected chi connectivity index (χ3v) is 15.2. The van der Waals surface area contributed by atoms with Crippen LogP contribution in [0.1, 0.15) is 22.3 Å². The summed E-state index contributed by atoms with van der Waals surface area (Å²) in [6.07, 6.45) is 3.93. The summed E-state index contributed by atoms with van der Waals surface area (Å²) in [6.45, 7) is 0. The molecule has 12 aromatic rings. The Hall–Kier alpha value is -8.39. The zero-order chi connectivity index (χ0) is 43.1. The zero-order valence-electron chi connectivity index (χ0n) is 35.3. The highest BCUT2D eigenvalue weighted by Crippen LogP contribution is 2.65. The summed E-state index contributed by atoms with van der Waals surface area (Å²) in [5.41, 5.74) is 14.9. The van der Waals surface area contributed by atoms with E-state index >= 15 is 0 Å². The van der Waals surface area contributed by atoms with Crippen LogP contribution >= 0.6 is 11.8 Å². The van der Waals surface area contributed by atoms with Crippen molar-refractivity contribution in [2.75, 3.05) is 4.90 Å². The maximum absolute atomic E-state index is 7.39. The Labute approximate surface area is 383 Å². The Kier molecular flexibility index (Phi) is 7.27. The van der Waals surface area contributed by atoms with Crippen LogP contribution < -0.4 is 9.64 Å². The molecular weight excluding hydrogens is 827 g/mol. The lowest BCUT2D eigenvalue weighted by atomic mass is 9.65. The normalized spacial score (nSPS) is 15.4. The highest BCUT2D eigenvalue weighted by molar-refractivity contribution is 7.99. The smallest absolute Gasteiger partial charge is 0.134 e. The molecule has 4 aromatic heterocycles. The molecule has 7 heteroatoms. The number of para-hydroxylation sites is 6. The van der Waals surface area contributed by atoms with Crippen LogP contribution in [0.3, 0.4) is 0 Å². The van der Waals surface area contributed by atoms with Crippen molar-refractivity contribution in [1.82, 2.24) is 19.1 Å². The number of ether oxygens (including phenoxy) is 1. The van der Waals surface area contributed by atoms with Gasteiger partial charge in [-0.3, -0.25) is 9.97 Å². The van der Waals surface area contributed by atoms with E-state index in [-0.39, 0.29) is 0 Å². The fraction of sp³-hybridized carbons (Fsp3) is 0.0169. The van der Waals surface area contributed by atoms with Crippen LogP contribution in [0.2, 0.25) is 0 Å². The number of aromatic nitrogens is 4. The van der Waals surface area contributed by atoms with Crippen LogP contribution in [-0.4, -0.2) is 19.1 Å².